The van der Waals surface area contributed by atoms with E-state index in [0.29, 0.717) is 6.10 Å². The molecule has 0 bridgehead atoms. The Hall–Kier alpha value is -0.860. The van der Waals surface area contributed by atoms with Crippen molar-refractivity contribution in [1.82, 2.24) is 0 Å². The summed E-state index contributed by atoms with van der Waals surface area (Å²) in [6.45, 7) is 3.08. The van der Waals surface area contributed by atoms with Crippen molar-refractivity contribution >= 4 is 0 Å². The standard InChI is InChI=1S/C14H21NO/c1-2-11-5-3-6-12(9-11)14(15)10-13-7-4-8-16-13/h3,5-6,9,13-14H,2,4,7-8,10,15H2,1H3. The highest BCUT2D eigenvalue weighted by atomic mass is 16.5. The summed E-state index contributed by atoms with van der Waals surface area (Å²) in [6.07, 6.45) is 4.75. The lowest BCUT2D eigenvalue weighted by atomic mass is 9.98. The van der Waals surface area contributed by atoms with Crippen LogP contribution in [0.1, 0.15) is 43.4 Å². The summed E-state index contributed by atoms with van der Waals surface area (Å²) in [4.78, 5) is 0. The Labute approximate surface area is 97.8 Å². The second kappa shape index (κ2) is 5.46. The first-order valence-corrected chi connectivity index (χ1v) is 6.25. The topological polar surface area (TPSA) is 35.2 Å². The number of rotatable bonds is 4. The zero-order valence-electron chi connectivity index (χ0n) is 9.99. The molecule has 88 valence electrons. The van der Waals surface area contributed by atoms with Gasteiger partial charge in [0.25, 0.3) is 0 Å². The fraction of sp³-hybridized carbons (Fsp3) is 0.571. The van der Waals surface area contributed by atoms with Crippen LogP contribution in [0.2, 0.25) is 0 Å². The number of benzene rings is 1. The summed E-state index contributed by atoms with van der Waals surface area (Å²) in [5.41, 5.74) is 8.83. The monoisotopic (exact) mass is 219 g/mol. The van der Waals surface area contributed by atoms with Crippen molar-refractivity contribution in [2.24, 2.45) is 5.73 Å². The second-order valence-corrected chi connectivity index (χ2v) is 4.58. The number of ether oxygens (including phenoxy) is 1. The molecule has 2 heteroatoms. The van der Waals surface area contributed by atoms with Crippen LogP contribution in [-0.2, 0) is 11.2 Å². The average molecular weight is 219 g/mol. The molecule has 0 amide bonds. The molecule has 2 N–H and O–H groups in total. The molecule has 0 radical (unpaired) electrons. The lowest BCUT2D eigenvalue weighted by molar-refractivity contribution is 0.0983. The molecule has 1 aromatic rings. The van der Waals surface area contributed by atoms with Crippen molar-refractivity contribution in [2.75, 3.05) is 6.61 Å². The quantitative estimate of drug-likeness (QED) is 0.845. The Morgan fingerprint density at radius 3 is 3.06 bits per heavy atom. The van der Waals surface area contributed by atoms with E-state index in [0.717, 1.165) is 19.4 Å². The Bertz CT molecular complexity index is 331. The van der Waals surface area contributed by atoms with Gasteiger partial charge in [-0.2, -0.15) is 0 Å². The first kappa shape index (κ1) is 11.6. The molecule has 0 aliphatic carbocycles. The van der Waals surface area contributed by atoms with E-state index in [1.54, 1.807) is 0 Å². The molecular weight excluding hydrogens is 198 g/mol. The molecule has 1 aliphatic rings. The van der Waals surface area contributed by atoms with Gasteiger partial charge in [-0.25, -0.2) is 0 Å². The Kier molecular flexibility index (Phi) is 3.97. The molecule has 2 rings (SSSR count). The molecule has 0 spiro atoms. The van der Waals surface area contributed by atoms with Crippen LogP contribution in [0.5, 0.6) is 0 Å². The Balaban J connectivity index is 1.98. The smallest absolute Gasteiger partial charge is 0.0594 e. The van der Waals surface area contributed by atoms with Crippen molar-refractivity contribution < 1.29 is 4.74 Å². The maximum absolute atomic E-state index is 6.22. The van der Waals surface area contributed by atoms with Gasteiger partial charge in [0.05, 0.1) is 6.10 Å². The molecular formula is C14H21NO. The van der Waals surface area contributed by atoms with Gasteiger partial charge < -0.3 is 10.5 Å². The van der Waals surface area contributed by atoms with Crippen LogP contribution in [0, 0.1) is 0 Å². The normalized spacial score (nSPS) is 22.2. The Morgan fingerprint density at radius 1 is 1.50 bits per heavy atom. The van der Waals surface area contributed by atoms with Gasteiger partial charge in [-0.15, -0.1) is 0 Å². The molecule has 0 aromatic heterocycles. The minimum Gasteiger partial charge on any atom is -0.378 e. The number of hydrogen-bond donors (Lipinski definition) is 1. The van der Waals surface area contributed by atoms with E-state index in [9.17, 15) is 0 Å². The number of nitrogens with two attached hydrogens (primary N) is 1. The third kappa shape index (κ3) is 2.83. The zero-order valence-corrected chi connectivity index (χ0v) is 9.99. The minimum atomic E-state index is 0.120. The van der Waals surface area contributed by atoms with Crippen LogP contribution in [-0.4, -0.2) is 12.7 Å². The van der Waals surface area contributed by atoms with Crippen LogP contribution < -0.4 is 5.73 Å². The predicted molar refractivity (Wildman–Crippen MR) is 66.3 cm³/mol. The van der Waals surface area contributed by atoms with Gasteiger partial charge in [0.15, 0.2) is 0 Å². The summed E-state index contributed by atoms with van der Waals surface area (Å²) < 4.78 is 5.62. The summed E-state index contributed by atoms with van der Waals surface area (Å²) in [7, 11) is 0. The summed E-state index contributed by atoms with van der Waals surface area (Å²) in [5.74, 6) is 0. The van der Waals surface area contributed by atoms with Crippen molar-refractivity contribution in [3.63, 3.8) is 0 Å². The molecule has 1 saturated heterocycles. The van der Waals surface area contributed by atoms with E-state index >= 15 is 0 Å². The third-order valence-electron chi connectivity index (χ3n) is 3.33. The minimum absolute atomic E-state index is 0.120. The third-order valence-corrected chi connectivity index (χ3v) is 3.33. The van der Waals surface area contributed by atoms with Crippen molar-refractivity contribution in [3.8, 4) is 0 Å². The maximum atomic E-state index is 6.22. The molecule has 1 aliphatic heterocycles. The van der Waals surface area contributed by atoms with Gasteiger partial charge in [0.2, 0.25) is 0 Å². The highest BCUT2D eigenvalue weighted by Crippen LogP contribution is 2.23. The number of aryl methyl sites for hydroxylation is 1. The van der Waals surface area contributed by atoms with Gasteiger partial charge >= 0.3 is 0 Å². The van der Waals surface area contributed by atoms with Gasteiger partial charge in [0.1, 0.15) is 0 Å². The van der Waals surface area contributed by atoms with Crippen molar-refractivity contribution in [1.29, 1.82) is 0 Å². The largest absolute Gasteiger partial charge is 0.378 e. The first-order chi connectivity index (χ1) is 7.79. The lowest BCUT2D eigenvalue weighted by Gasteiger charge is -2.17. The first-order valence-electron chi connectivity index (χ1n) is 6.25. The molecule has 1 heterocycles. The highest BCUT2D eigenvalue weighted by Gasteiger charge is 2.19. The Morgan fingerprint density at radius 2 is 2.38 bits per heavy atom. The summed E-state index contributed by atoms with van der Waals surface area (Å²) >= 11 is 0. The van der Waals surface area contributed by atoms with Crippen molar-refractivity contribution in [2.45, 2.75) is 44.8 Å². The van der Waals surface area contributed by atoms with Crippen LogP contribution in [0.3, 0.4) is 0 Å². The van der Waals surface area contributed by atoms with E-state index in [1.807, 2.05) is 0 Å². The molecule has 0 saturated carbocycles. The zero-order chi connectivity index (χ0) is 11.4. The fourth-order valence-electron chi connectivity index (χ4n) is 2.29. The molecule has 1 aromatic carbocycles. The van der Waals surface area contributed by atoms with E-state index in [2.05, 4.69) is 31.2 Å². The molecule has 2 unspecified atom stereocenters. The molecule has 2 nitrogen and oxygen atoms in total. The lowest BCUT2D eigenvalue weighted by Crippen LogP contribution is -2.18. The van der Waals surface area contributed by atoms with Crippen molar-refractivity contribution in [3.05, 3.63) is 35.4 Å². The van der Waals surface area contributed by atoms with Gasteiger partial charge in [-0.3, -0.25) is 0 Å². The van der Waals surface area contributed by atoms with Gasteiger partial charge in [-0.1, -0.05) is 31.2 Å². The predicted octanol–water partition coefficient (Wildman–Crippen LogP) is 2.82. The van der Waals surface area contributed by atoms with E-state index in [1.165, 1.54) is 24.0 Å². The highest BCUT2D eigenvalue weighted by molar-refractivity contribution is 5.25. The molecule has 2 atom stereocenters. The van der Waals surface area contributed by atoms with Crippen LogP contribution in [0.25, 0.3) is 0 Å². The van der Waals surface area contributed by atoms with E-state index < -0.39 is 0 Å². The molecule has 16 heavy (non-hydrogen) atoms. The average Bonchev–Trinajstić information content (AvgIpc) is 2.82. The van der Waals surface area contributed by atoms with Crippen LogP contribution in [0.4, 0.5) is 0 Å². The van der Waals surface area contributed by atoms with E-state index in [-0.39, 0.29) is 6.04 Å². The second-order valence-electron chi connectivity index (χ2n) is 4.58. The maximum Gasteiger partial charge on any atom is 0.0594 e. The molecule has 1 fully saturated rings. The van der Waals surface area contributed by atoms with Gasteiger partial charge in [0, 0.05) is 12.6 Å². The van der Waals surface area contributed by atoms with Crippen LogP contribution in [0.15, 0.2) is 24.3 Å². The van der Waals surface area contributed by atoms with E-state index in [4.69, 9.17) is 10.5 Å². The van der Waals surface area contributed by atoms with Gasteiger partial charge in [-0.05, 0) is 36.8 Å². The fourth-order valence-corrected chi connectivity index (χ4v) is 2.29. The van der Waals surface area contributed by atoms with Crippen LogP contribution >= 0.6 is 0 Å². The summed E-state index contributed by atoms with van der Waals surface area (Å²) in [6, 6.07) is 8.72. The summed E-state index contributed by atoms with van der Waals surface area (Å²) in [5, 5.41) is 0. The SMILES string of the molecule is CCc1cccc(C(N)CC2CCCO2)c1. The number of hydrogen-bond acceptors (Lipinski definition) is 2.